The molecule has 0 bridgehead atoms. The molecule has 4 rings (SSSR count). The predicted molar refractivity (Wildman–Crippen MR) is 122 cm³/mol. The van der Waals surface area contributed by atoms with Crippen LogP contribution in [0.3, 0.4) is 0 Å². The molecule has 0 aromatic heterocycles. The minimum atomic E-state index is -1.53. The van der Waals surface area contributed by atoms with E-state index in [4.69, 9.17) is 18.9 Å². The third kappa shape index (κ3) is 6.69. The zero-order chi connectivity index (χ0) is 22.9. The van der Waals surface area contributed by atoms with Crippen molar-refractivity contribution in [3.63, 3.8) is 0 Å². The van der Waals surface area contributed by atoms with Crippen LogP contribution in [-0.4, -0.2) is 42.5 Å². The van der Waals surface area contributed by atoms with Crippen molar-refractivity contribution in [2.24, 2.45) is 0 Å². The first-order valence-corrected chi connectivity index (χ1v) is 11.1. The van der Waals surface area contributed by atoms with Gasteiger partial charge in [0, 0.05) is 0 Å². The summed E-state index contributed by atoms with van der Waals surface area (Å²) < 4.78 is 38.7. The van der Waals surface area contributed by atoms with Crippen molar-refractivity contribution >= 4 is 0 Å². The van der Waals surface area contributed by atoms with Crippen LogP contribution in [0.4, 0.5) is 4.39 Å². The van der Waals surface area contributed by atoms with Gasteiger partial charge >= 0.3 is 0 Å². The Kier molecular flexibility index (Phi) is 8.58. The number of ether oxygens (including phenoxy) is 4. The molecule has 1 aliphatic rings. The highest BCUT2D eigenvalue weighted by molar-refractivity contribution is 5.15. The van der Waals surface area contributed by atoms with Crippen LogP contribution in [0.15, 0.2) is 91.0 Å². The van der Waals surface area contributed by atoms with Crippen LogP contribution >= 0.6 is 0 Å². The molecule has 0 spiro atoms. The fraction of sp³-hybridized carbons (Fsp3) is 0.333. The first kappa shape index (κ1) is 23.5. The molecule has 1 N–H and O–H groups in total. The van der Waals surface area contributed by atoms with Gasteiger partial charge in [-0.05, 0) is 16.7 Å². The first-order chi connectivity index (χ1) is 16.2. The molecule has 3 aromatic carbocycles. The van der Waals surface area contributed by atoms with Gasteiger partial charge in [0.2, 0.25) is 0 Å². The van der Waals surface area contributed by atoms with E-state index in [1.54, 1.807) is 0 Å². The Hall–Kier alpha value is -2.61. The van der Waals surface area contributed by atoms with E-state index in [2.05, 4.69) is 0 Å². The van der Waals surface area contributed by atoms with Crippen molar-refractivity contribution in [1.82, 2.24) is 0 Å². The summed E-state index contributed by atoms with van der Waals surface area (Å²) in [5, 5.41) is 10.7. The largest absolute Gasteiger partial charge is 0.374 e. The third-order valence-corrected chi connectivity index (χ3v) is 5.55. The maximum atomic E-state index is 15.6. The molecular weight excluding hydrogens is 423 g/mol. The summed E-state index contributed by atoms with van der Waals surface area (Å²) in [5.41, 5.74) is 2.80. The van der Waals surface area contributed by atoms with Crippen LogP contribution in [0, 0.1) is 0 Å². The Morgan fingerprint density at radius 3 is 1.64 bits per heavy atom. The Labute approximate surface area is 193 Å². The van der Waals surface area contributed by atoms with Crippen molar-refractivity contribution in [1.29, 1.82) is 0 Å². The van der Waals surface area contributed by atoms with Crippen LogP contribution in [0.25, 0.3) is 0 Å². The van der Waals surface area contributed by atoms with Crippen molar-refractivity contribution in [3.8, 4) is 0 Å². The second-order valence-electron chi connectivity index (χ2n) is 8.03. The van der Waals surface area contributed by atoms with Gasteiger partial charge < -0.3 is 24.1 Å². The van der Waals surface area contributed by atoms with Gasteiger partial charge in [0.05, 0.1) is 26.4 Å². The molecule has 1 heterocycles. The van der Waals surface area contributed by atoms with E-state index in [0.717, 1.165) is 16.7 Å². The van der Waals surface area contributed by atoms with E-state index in [1.807, 2.05) is 91.0 Å². The summed E-state index contributed by atoms with van der Waals surface area (Å²) in [7, 11) is 0. The number of hydrogen-bond donors (Lipinski definition) is 1. The van der Waals surface area contributed by atoms with E-state index < -0.39 is 30.8 Å². The molecule has 174 valence electrons. The number of rotatable bonds is 10. The van der Waals surface area contributed by atoms with Crippen LogP contribution < -0.4 is 0 Å². The van der Waals surface area contributed by atoms with Crippen LogP contribution in [-0.2, 0) is 38.8 Å². The van der Waals surface area contributed by atoms with Gasteiger partial charge in [0.25, 0.3) is 0 Å². The van der Waals surface area contributed by atoms with E-state index >= 15 is 4.39 Å². The second kappa shape index (κ2) is 12.0. The first-order valence-electron chi connectivity index (χ1n) is 11.1. The average molecular weight is 453 g/mol. The highest BCUT2D eigenvalue weighted by Gasteiger charge is 2.47. The number of aliphatic hydroxyl groups excluding tert-OH is 1. The zero-order valence-corrected chi connectivity index (χ0v) is 18.3. The predicted octanol–water partition coefficient (Wildman–Crippen LogP) is 4.43. The lowest BCUT2D eigenvalue weighted by atomic mass is 9.99. The molecule has 1 saturated heterocycles. The Morgan fingerprint density at radius 1 is 0.667 bits per heavy atom. The molecule has 0 saturated carbocycles. The third-order valence-electron chi connectivity index (χ3n) is 5.55. The van der Waals surface area contributed by atoms with Gasteiger partial charge in [0.1, 0.15) is 18.3 Å². The van der Waals surface area contributed by atoms with E-state index in [1.165, 1.54) is 0 Å². The Bertz CT molecular complexity index is 941. The van der Waals surface area contributed by atoms with Crippen molar-refractivity contribution in [2.45, 2.75) is 50.6 Å². The maximum Gasteiger partial charge on any atom is 0.184 e. The molecule has 1 fully saturated rings. The highest BCUT2D eigenvalue weighted by atomic mass is 19.1. The van der Waals surface area contributed by atoms with Gasteiger partial charge in [-0.3, -0.25) is 0 Å². The second-order valence-corrected chi connectivity index (χ2v) is 8.03. The fourth-order valence-electron chi connectivity index (χ4n) is 3.78. The van der Waals surface area contributed by atoms with E-state index in [9.17, 15) is 5.11 Å². The van der Waals surface area contributed by atoms with Crippen molar-refractivity contribution in [2.75, 3.05) is 6.61 Å². The standard InChI is InChI=1S/C27H29FO5/c28-24-23(19-30-16-20-10-4-1-5-11-20)33-27(29)26(32-18-22-14-8-3-9-15-22)25(24)31-17-21-12-6-2-7-13-21/h1-15,23-27,29H,16-19H2/t23-,24-,25+,26-,27-/m1/s1. The van der Waals surface area contributed by atoms with E-state index in [-0.39, 0.29) is 19.8 Å². The summed E-state index contributed by atoms with van der Waals surface area (Å²) >= 11 is 0. The molecule has 0 unspecified atom stereocenters. The number of halogens is 1. The monoisotopic (exact) mass is 452 g/mol. The fourth-order valence-corrected chi connectivity index (χ4v) is 3.78. The molecular formula is C27H29FO5. The average Bonchev–Trinajstić information content (AvgIpc) is 2.86. The van der Waals surface area contributed by atoms with Gasteiger partial charge in [0.15, 0.2) is 12.5 Å². The van der Waals surface area contributed by atoms with Crippen LogP contribution in [0.1, 0.15) is 16.7 Å². The van der Waals surface area contributed by atoms with E-state index in [0.29, 0.717) is 6.61 Å². The lowest BCUT2D eigenvalue weighted by Crippen LogP contribution is -2.58. The molecule has 0 amide bonds. The Morgan fingerprint density at radius 2 is 1.12 bits per heavy atom. The van der Waals surface area contributed by atoms with Gasteiger partial charge in [-0.25, -0.2) is 4.39 Å². The summed E-state index contributed by atoms with van der Waals surface area (Å²) in [6.45, 7) is 0.719. The van der Waals surface area contributed by atoms with Crippen LogP contribution in [0.2, 0.25) is 0 Å². The normalized spacial score (nSPS) is 25.1. The minimum absolute atomic E-state index is 0.0102. The van der Waals surface area contributed by atoms with Gasteiger partial charge in [-0.15, -0.1) is 0 Å². The van der Waals surface area contributed by atoms with Crippen LogP contribution in [0.5, 0.6) is 0 Å². The summed E-state index contributed by atoms with van der Waals surface area (Å²) in [5.74, 6) is 0. The van der Waals surface area contributed by atoms with Crippen molar-refractivity contribution < 1.29 is 28.4 Å². The summed E-state index contributed by atoms with van der Waals surface area (Å²) in [4.78, 5) is 0. The summed E-state index contributed by atoms with van der Waals surface area (Å²) in [6, 6.07) is 28.6. The van der Waals surface area contributed by atoms with Crippen molar-refractivity contribution in [3.05, 3.63) is 108 Å². The number of aliphatic hydroxyl groups is 1. The SMILES string of the molecule is O[C@@H]1O[C@H](COCc2ccccc2)[C@@H](F)[C@H](OCc2ccccc2)[C@H]1OCc1ccccc1. The minimum Gasteiger partial charge on any atom is -0.374 e. The Balaban J connectivity index is 1.41. The number of benzene rings is 3. The summed E-state index contributed by atoms with van der Waals surface area (Å²) in [6.07, 6.45) is -5.83. The lowest BCUT2D eigenvalue weighted by Gasteiger charge is -2.41. The zero-order valence-electron chi connectivity index (χ0n) is 18.3. The maximum absolute atomic E-state index is 15.6. The molecule has 33 heavy (non-hydrogen) atoms. The lowest BCUT2D eigenvalue weighted by molar-refractivity contribution is -0.298. The number of alkyl halides is 1. The van der Waals surface area contributed by atoms with Gasteiger partial charge in [-0.2, -0.15) is 0 Å². The molecule has 6 heteroatoms. The molecule has 0 radical (unpaired) electrons. The smallest absolute Gasteiger partial charge is 0.184 e. The topological polar surface area (TPSA) is 57.2 Å². The quantitative estimate of drug-likeness (QED) is 0.493. The molecule has 1 aliphatic heterocycles. The molecule has 0 aliphatic carbocycles. The molecule has 3 aromatic rings. The highest BCUT2D eigenvalue weighted by Crippen LogP contribution is 2.29. The van der Waals surface area contributed by atoms with Gasteiger partial charge in [-0.1, -0.05) is 91.0 Å². The number of hydrogen-bond acceptors (Lipinski definition) is 5. The molecule has 5 atom stereocenters. The molecule has 5 nitrogen and oxygen atoms in total.